The number of phenolic OH excluding ortho intramolecular Hbond substituents is 1. The summed E-state index contributed by atoms with van der Waals surface area (Å²) in [4.78, 5) is 28.1. The van der Waals surface area contributed by atoms with Crippen molar-refractivity contribution in [1.82, 2.24) is 9.78 Å². The van der Waals surface area contributed by atoms with Gasteiger partial charge in [0.15, 0.2) is 5.69 Å². The van der Waals surface area contributed by atoms with E-state index in [0.717, 1.165) is 23.4 Å². The van der Waals surface area contributed by atoms with Crippen molar-refractivity contribution >= 4 is 17.9 Å². The third kappa shape index (κ3) is 5.48. The van der Waals surface area contributed by atoms with Crippen molar-refractivity contribution in [1.29, 1.82) is 0 Å². The van der Waals surface area contributed by atoms with E-state index in [0.29, 0.717) is 23.1 Å². The second-order valence-electron chi connectivity index (χ2n) is 8.36. The van der Waals surface area contributed by atoms with E-state index in [-0.39, 0.29) is 22.7 Å². The number of carboxylic acid groups (broad SMARTS) is 1. The third-order valence-corrected chi connectivity index (χ3v) is 5.92. The monoisotopic (exact) mass is 509 g/mol. The summed E-state index contributed by atoms with van der Waals surface area (Å²) in [6, 6.07) is 17.5. The lowest BCUT2D eigenvalue weighted by atomic mass is 10.00. The Morgan fingerprint density at radius 2 is 1.70 bits per heavy atom. The van der Waals surface area contributed by atoms with Crippen molar-refractivity contribution in [2.75, 3.05) is 0 Å². The molecule has 4 rings (SSSR count). The Balaban J connectivity index is 1.69. The van der Waals surface area contributed by atoms with Crippen LogP contribution in [0.1, 0.15) is 38.3 Å². The maximum Gasteiger partial charge on any atom is 0.433 e. The fourth-order valence-corrected chi connectivity index (χ4v) is 3.92. The summed E-state index contributed by atoms with van der Waals surface area (Å²) in [6.45, 7) is 1.98. The average molecular weight is 509 g/mol. The number of rotatable bonds is 7. The minimum atomic E-state index is -4.92. The Bertz CT molecular complexity index is 1550. The molecule has 0 bridgehead atoms. The fraction of sp³-hybridized carbons (Fsp3) is 0.148. The van der Waals surface area contributed by atoms with E-state index in [4.69, 9.17) is 5.11 Å². The summed E-state index contributed by atoms with van der Waals surface area (Å²) in [6.07, 6.45) is -3.05. The molecule has 10 heteroatoms. The van der Waals surface area contributed by atoms with Crippen molar-refractivity contribution in [2.45, 2.75) is 25.9 Å². The SMILES string of the molecule is Cc1ccccc1CCc1cccc(N=Cc2c(C(F)(F)F)[nH]n(-c3cccc(C(=O)O)c3)c2=O)c1O. The zero-order valence-corrected chi connectivity index (χ0v) is 19.6. The van der Waals surface area contributed by atoms with Gasteiger partial charge in [0.2, 0.25) is 0 Å². The van der Waals surface area contributed by atoms with Gasteiger partial charge in [0.05, 0.1) is 16.8 Å². The van der Waals surface area contributed by atoms with E-state index in [2.05, 4.69) is 4.99 Å². The number of aromatic carboxylic acids is 1. The molecule has 0 atom stereocenters. The van der Waals surface area contributed by atoms with Crippen LogP contribution in [0.2, 0.25) is 0 Å². The molecule has 37 heavy (non-hydrogen) atoms. The molecule has 4 aromatic rings. The van der Waals surface area contributed by atoms with Crippen LogP contribution in [0.25, 0.3) is 5.69 Å². The first-order valence-corrected chi connectivity index (χ1v) is 11.2. The van der Waals surface area contributed by atoms with Gasteiger partial charge in [-0.3, -0.25) is 14.9 Å². The molecule has 0 aliphatic rings. The summed E-state index contributed by atoms with van der Waals surface area (Å²) in [5, 5.41) is 21.9. The smallest absolute Gasteiger partial charge is 0.433 e. The Labute approximate surface area is 209 Å². The molecule has 0 amide bonds. The van der Waals surface area contributed by atoms with Gasteiger partial charge in [0, 0.05) is 6.21 Å². The summed E-state index contributed by atoms with van der Waals surface area (Å²) in [7, 11) is 0. The molecule has 0 saturated heterocycles. The molecule has 0 aliphatic carbocycles. The summed E-state index contributed by atoms with van der Waals surface area (Å²) < 4.78 is 41.8. The standard InChI is InChI=1S/C27H22F3N3O4/c1-16-6-2-3-7-17(16)12-13-18-8-5-11-22(23(18)34)31-15-21-24(27(28,29)30)32-33(25(21)35)20-10-4-9-19(14-20)26(36)37/h2-11,14-15,32,34H,12-13H2,1H3,(H,36,37). The number of benzene rings is 3. The molecule has 0 unspecified atom stereocenters. The molecule has 3 N–H and O–H groups in total. The number of aromatic amines is 1. The first kappa shape index (κ1) is 25.5. The van der Waals surface area contributed by atoms with E-state index >= 15 is 0 Å². The highest BCUT2D eigenvalue weighted by molar-refractivity contribution is 5.88. The van der Waals surface area contributed by atoms with Gasteiger partial charge in [-0.05, 0) is 60.7 Å². The van der Waals surface area contributed by atoms with Gasteiger partial charge in [-0.2, -0.15) is 13.2 Å². The lowest BCUT2D eigenvalue weighted by Gasteiger charge is -2.09. The van der Waals surface area contributed by atoms with Gasteiger partial charge in [-0.15, -0.1) is 0 Å². The molecule has 0 saturated carbocycles. The fourth-order valence-electron chi connectivity index (χ4n) is 3.92. The van der Waals surface area contributed by atoms with Crippen LogP contribution in [-0.2, 0) is 19.0 Å². The van der Waals surface area contributed by atoms with Crippen molar-refractivity contribution in [3.05, 3.63) is 111 Å². The molecule has 0 aliphatic heterocycles. The number of carbonyl (C=O) groups is 1. The van der Waals surface area contributed by atoms with Crippen LogP contribution >= 0.6 is 0 Å². The van der Waals surface area contributed by atoms with Crippen LogP contribution in [0.15, 0.2) is 76.5 Å². The van der Waals surface area contributed by atoms with E-state index < -0.39 is 29.0 Å². The minimum absolute atomic E-state index is 0.00966. The molecule has 0 spiro atoms. The number of aryl methyl sites for hydroxylation is 3. The molecule has 190 valence electrons. The van der Waals surface area contributed by atoms with E-state index in [1.165, 1.54) is 24.3 Å². The normalized spacial score (nSPS) is 11.8. The van der Waals surface area contributed by atoms with Crippen LogP contribution in [0, 0.1) is 6.92 Å². The first-order valence-electron chi connectivity index (χ1n) is 11.2. The molecular weight excluding hydrogens is 487 g/mol. The van der Waals surface area contributed by atoms with Gasteiger partial charge in [0.25, 0.3) is 5.56 Å². The third-order valence-electron chi connectivity index (χ3n) is 5.92. The molecule has 3 aromatic carbocycles. The summed E-state index contributed by atoms with van der Waals surface area (Å²) >= 11 is 0. The summed E-state index contributed by atoms with van der Waals surface area (Å²) in [5.41, 5.74) is -0.712. The molecule has 1 heterocycles. The number of halogens is 3. The summed E-state index contributed by atoms with van der Waals surface area (Å²) in [5.74, 6) is -1.48. The highest BCUT2D eigenvalue weighted by atomic mass is 19.4. The number of phenols is 1. The number of nitrogens with zero attached hydrogens (tertiary/aromatic N) is 2. The number of nitrogens with one attached hydrogen (secondary N) is 1. The number of hydrogen-bond donors (Lipinski definition) is 3. The predicted molar refractivity (Wildman–Crippen MR) is 132 cm³/mol. The van der Waals surface area contributed by atoms with Crippen molar-refractivity contribution in [3.63, 3.8) is 0 Å². The van der Waals surface area contributed by atoms with E-state index in [1.807, 2.05) is 36.3 Å². The van der Waals surface area contributed by atoms with Crippen LogP contribution in [0.5, 0.6) is 5.75 Å². The van der Waals surface area contributed by atoms with Crippen LogP contribution in [-0.4, -0.2) is 32.2 Å². The Morgan fingerprint density at radius 3 is 2.41 bits per heavy atom. The van der Waals surface area contributed by atoms with Crippen LogP contribution in [0.3, 0.4) is 0 Å². The lowest BCUT2D eigenvalue weighted by Crippen LogP contribution is -2.17. The highest BCUT2D eigenvalue weighted by Gasteiger charge is 2.37. The topological polar surface area (TPSA) is 108 Å². The second kappa shape index (κ2) is 10.2. The molecular formula is C27H22F3N3O4. The Morgan fingerprint density at radius 1 is 1.03 bits per heavy atom. The minimum Gasteiger partial charge on any atom is -0.505 e. The zero-order chi connectivity index (χ0) is 26.7. The lowest BCUT2D eigenvalue weighted by molar-refractivity contribution is -0.141. The van der Waals surface area contributed by atoms with Gasteiger partial charge in [-0.25, -0.2) is 9.48 Å². The molecule has 1 aromatic heterocycles. The average Bonchev–Trinajstić information content (AvgIpc) is 3.20. The van der Waals surface area contributed by atoms with Crippen LogP contribution < -0.4 is 5.56 Å². The first-order chi connectivity index (χ1) is 17.6. The van der Waals surface area contributed by atoms with Crippen LogP contribution in [0.4, 0.5) is 18.9 Å². The number of aromatic nitrogens is 2. The molecule has 0 fully saturated rings. The maximum atomic E-state index is 13.7. The highest BCUT2D eigenvalue weighted by Crippen LogP contribution is 2.33. The maximum absolute atomic E-state index is 13.7. The number of para-hydroxylation sites is 1. The Kier molecular flexibility index (Phi) is 7.01. The van der Waals surface area contributed by atoms with Crippen molar-refractivity contribution in [3.8, 4) is 11.4 Å². The number of aliphatic imine (C=N–C) groups is 1. The number of alkyl halides is 3. The number of H-pyrrole nitrogens is 1. The Hall–Kier alpha value is -4.60. The van der Waals surface area contributed by atoms with Gasteiger partial charge < -0.3 is 10.2 Å². The molecule has 7 nitrogen and oxygen atoms in total. The van der Waals surface area contributed by atoms with Gasteiger partial charge in [0.1, 0.15) is 11.4 Å². The van der Waals surface area contributed by atoms with Crippen molar-refractivity contribution in [2.24, 2.45) is 4.99 Å². The zero-order valence-electron chi connectivity index (χ0n) is 19.6. The van der Waals surface area contributed by atoms with E-state index in [9.17, 15) is 27.9 Å². The van der Waals surface area contributed by atoms with Gasteiger partial charge in [-0.1, -0.05) is 42.5 Å². The van der Waals surface area contributed by atoms with Gasteiger partial charge >= 0.3 is 12.1 Å². The number of hydrogen-bond acceptors (Lipinski definition) is 4. The van der Waals surface area contributed by atoms with Crippen molar-refractivity contribution < 1.29 is 28.2 Å². The number of aromatic hydroxyl groups is 1. The second-order valence-corrected chi connectivity index (χ2v) is 8.36. The number of carboxylic acids is 1. The quantitative estimate of drug-likeness (QED) is 0.289. The largest absolute Gasteiger partial charge is 0.505 e. The molecule has 0 radical (unpaired) electrons. The predicted octanol–water partition coefficient (Wildman–Crippen LogP) is 5.43. The van der Waals surface area contributed by atoms with E-state index in [1.54, 1.807) is 12.1 Å².